The SMILES string of the molecule is OC[C@H]1O[C@H](Oc2c[nH]c3cc(Cl)c(Br)cc23)[C@H](O)[C@H](O)[C@H]1O. The van der Waals surface area contributed by atoms with Gasteiger partial charge in [0.15, 0.2) is 0 Å². The first-order valence-electron chi connectivity index (χ1n) is 6.85. The number of benzene rings is 1. The summed E-state index contributed by atoms with van der Waals surface area (Å²) in [4.78, 5) is 2.98. The van der Waals surface area contributed by atoms with Crippen LogP contribution in [-0.4, -0.2) is 62.7 Å². The molecule has 2 aromatic rings. The first-order chi connectivity index (χ1) is 10.9. The van der Waals surface area contributed by atoms with Gasteiger partial charge in [-0.1, -0.05) is 11.6 Å². The molecule has 7 nitrogen and oxygen atoms in total. The minimum atomic E-state index is -1.49. The standard InChI is InChI=1S/C14H15BrClNO6/c15-6-1-5-8(2-7(6)16)17-3-9(5)22-14-13(21)12(20)11(19)10(4-18)23-14/h1-3,10-14,17-21H,4H2/t10-,11+,12-,13-,14+/m1/s1. The maximum absolute atomic E-state index is 10.0. The van der Waals surface area contributed by atoms with E-state index in [-0.39, 0.29) is 0 Å². The summed E-state index contributed by atoms with van der Waals surface area (Å²) in [5, 5.41) is 40.0. The number of aliphatic hydroxyl groups excluding tert-OH is 4. The quantitative estimate of drug-likeness (QED) is 0.512. The third-order valence-corrected chi connectivity index (χ3v) is 4.97. The highest BCUT2D eigenvalue weighted by Crippen LogP contribution is 2.34. The smallest absolute Gasteiger partial charge is 0.229 e. The van der Waals surface area contributed by atoms with E-state index in [0.29, 0.717) is 20.6 Å². The molecule has 0 saturated carbocycles. The van der Waals surface area contributed by atoms with E-state index in [1.165, 1.54) is 0 Å². The van der Waals surface area contributed by atoms with Crippen molar-refractivity contribution >= 4 is 38.4 Å². The van der Waals surface area contributed by atoms with Crippen LogP contribution in [-0.2, 0) is 4.74 Å². The number of aliphatic hydroxyl groups is 4. The summed E-state index contributed by atoms with van der Waals surface area (Å²) in [6, 6.07) is 3.45. The molecule has 2 heterocycles. The summed E-state index contributed by atoms with van der Waals surface area (Å²) in [7, 11) is 0. The minimum absolute atomic E-state index is 0.377. The van der Waals surface area contributed by atoms with Crippen molar-refractivity contribution in [3.63, 3.8) is 0 Å². The van der Waals surface area contributed by atoms with E-state index in [4.69, 9.17) is 21.1 Å². The van der Waals surface area contributed by atoms with Crippen molar-refractivity contribution in [2.24, 2.45) is 0 Å². The van der Waals surface area contributed by atoms with Crippen molar-refractivity contribution < 1.29 is 29.9 Å². The average Bonchev–Trinajstić information content (AvgIpc) is 2.90. The van der Waals surface area contributed by atoms with Crippen LogP contribution in [0.3, 0.4) is 0 Å². The van der Waals surface area contributed by atoms with Crippen LogP contribution in [0.5, 0.6) is 5.75 Å². The van der Waals surface area contributed by atoms with Crippen LogP contribution in [0.15, 0.2) is 22.8 Å². The maximum Gasteiger partial charge on any atom is 0.229 e. The van der Waals surface area contributed by atoms with Crippen molar-refractivity contribution in [2.75, 3.05) is 6.61 Å². The molecule has 1 aromatic heterocycles. The van der Waals surface area contributed by atoms with E-state index < -0.39 is 37.3 Å². The van der Waals surface area contributed by atoms with Crippen LogP contribution in [0.1, 0.15) is 0 Å². The van der Waals surface area contributed by atoms with Crippen LogP contribution >= 0.6 is 27.5 Å². The van der Waals surface area contributed by atoms with Gasteiger partial charge in [0.25, 0.3) is 0 Å². The lowest BCUT2D eigenvalue weighted by Gasteiger charge is -2.39. The van der Waals surface area contributed by atoms with Crippen molar-refractivity contribution in [3.8, 4) is 5.75 Å². The summed E-state index contributed by atoms with van der Waals surface area (Å²) >= 11 is 9.35. The third kappa shape index (κ3) is 3.08. The Morgan fingerprint density at radius 2 is 1.96 bits per heavy atom. The minimum Gasteiger partial charge on any atom is -0.460 e. The van der Waals surface area contributed by atoms with Gasteiger partial charge in [-0.25, -0.2) is 0 Å². The molecule has 0 radical (unpaired) electrons. The van der Waals surface area contributed by atoms with Crippen molar-refractivity contribution in [3.05, 3.63) is 27.8 Å². The number of aromatic amines is 1. The molecule has 0 amide bonds. The largest absolute Gasteiger partial charge is 0.460 e. The number of aromatic nitrogens is 1. The predicted molar refractivity (Wildman–Crippen MR) is 85.4 cm³/mol. The van der Waals surface area contributed by atoms with Crippen LogP contribution in [0.4, 0.5) is 0 Å². The molecule has 0 aliphatic carbocycles. The molecule has 1 aliphatic heterocycles. The van der Waals surface area contributed by atoms with E-state index in [1.54, 1.807) is 18.3 Å². The summed E-state index contributed by atoms with van der Waals surface area (Å²) in [5.74, 6) is 0.377. The molecular formula is C14H15BrClNO6. The zero-order chi connectivity index (χ0) is 16.7. The lowest BCUT2D eigenvalue weighted by Crippen LogP contribution is -2.60. The average molecular weight is 409 g/mol. The molecule has 1 saturated heterocycles. The lowest BCUT2D eigenvalue weighted by molar-refractivity contribution is -0.277. The van der Waals surface area contributed by atoms with Gasteiger partial charge in [-0.15, -0.1) is 0 Å². The highest BCUT2D eigenvalue weighted by atomic mass is 79.9. The molecule has 1 fully saturated rings. The Bertz CT molecular complexity index is 708. The predicted octanol–water partition coefficient (Wildman–Crippen LogP) is 0.762. The second-order valence-electron chi connectivity index (χ2n) is 5.28. The van der Waals surface area contributed by atoms with Crippen LogP contribution in [0, 0.1) is 0 Å². The highest BCUT2D eigenvalue weighted by Gasteiger charge is 2.44. The first kappa shape index (κ1) is 17.0. The fourth-order valence-electron chi connectivity index (χ4n) is 2.48. The number of halogens is 2. The molecule has 0 bridgehead atoms. The van der Waals surface area contributed by atoms with E-state index in [9.17, 15) is 20.4 Å². The van der Waals surface area contributed by atoms with E-state index in [0.717, 1.165) is 5.52 Å². The number of fused-ring (bicyclic) bond motifs is 1. The molecule has 23 heavy (non-hydrogen) atoms. The molecule has 1 aromatic carbocycles. The number of hydrogen-bond donors (Lipinski definition) is 5. The normalized spacial score (nSPS) is 31.5. The number of hydrogen-bond acceptors (Lipinski definition) is 6. The molecule has 126 valence electrons. The summed E-state index contributed by atoms with van der Waals surface area (Å²) < 4.78 is 11.6. The monoisotopic (exact) mass is 407 g/mol. The Labute approximate surface area is 144 Å². The second kappa shape index (κ2) is 6.56. The zero-order valence-electron chi connectivity index (χ0n) is 11.7. The Balaban J connectivity index is 1.88. The molecule has 0 unspecified atom stereocenters. The van der Waals surface area contributed by atoms with Gasteiger partial charge in [-0.2, -0.15) is 0 Å². The lowest BCUT2D eigenvalue weighted by atomic mass is 9.99. The topological polar surface area (TPSA) is 115 Å². The van der Waals surface area contributed by atoms with Gasteiger partial charge < -0.3 is 34.9 Å². The molecule has 9 heteroatoms. The van der Waals surface area contributed by atoms with Gasteiger partial charge in [-0.3, -0.25) is 0 Å². The molecule has 0 spiro atoms. The Hall–Kier alpha value is -0.870. The van der Waals surface area contributed by atoms with E-state index >= 15 is 0 Å². The zero-order valence-corrected chi connectivity index (χ0v) is 14.0. The molecule has 5 N–H and O–H groups in total. The number of nitrogens with one attached hydrogen (secondary N) is 1. The fraction of sp³-hybridized carbons (Fsp3) is 0.429. The molecular weight excluding hydrogens is 394 g/mol. The summed E-state index contributed by atoms with van der Waals surface area (Å²) in [5.41, 5.74) is 0.720. The van der Waals surface area contributed by atoms with E-state index in [2.05, 4.69) is 20.9 Å². The van der Waals surface area contributed by atoms with Gasteiger partial charge in [0.05, 0.1) is 17.1 Å². The maximum atomic E-state index is 10.0. The van der Waals surface area contributed by atoms with Crippen molar-refractivity contribution in [1.29, 1.82) is 0 Å². The van der Waals surface area contributed by atoms with Gasteiger partial charge in [-0.05, 0) is 28.1 Å². The van der Waals surface area contributed by atoms with Gasteiger partial charge in [0, 0.05) is 16.1 Å². The van der Waals surface area contributed by atoms with Gasteiger partial charge >= 0.3 is 0 Å². The van der Waals surface area contributed by atoms with Crippen molar-refractivity contribution in [1.82, 2.24) is 4.98 Å². The molecule has 5 atom stereocenters. The number of rotatable bonds is 3. The van der Waals surface area contributed by atoms with Crippen LogP contribution < -0.4 is 4.74 Å². The number of ether oxygens (including phenoxy) is 2. The Kier molecular flexibility index (Phi) is 4.84. The Morgan fingerprint density at radius 1 is 1.22 bits per heavy atom. The highest BCUT2D eigenvalue weighted by molar-refractivity contribution is 9.10. The summed E-state index contributed by atoms with van der Waals surface area (Å²) in [6.45, 7) is -0.514. The van der Waals surface area contributed by atoms with Crippen molar-refractivity contribution in [2.45, 2.75) is 30.7 Å². The summed E-state index contributed by atoms with van der Waals surface area (Å²) in [6.07, 6.45) is -5.07. The second-order valence-corrected chi connectivity index (χ2v) is 6.54. The Morgan fingerprint density at radius 3 is 2.65 bits per heavy atom. The van der Waals surface area contributed by atoms with Crippen LogP contribution in [0.25, 0.3) is 10.9 Å². The molecule has 1 aliphatic rings. The van der Waals surface area contributed by atoms with Gasteiger partial charge in [0.2, 0.25) is 6.29 Å². The molecule has 3 rings (SSSR count). The fourth-order valence-corrected chi connectivity index (χ4v) is 2.99. The van der Waals surface area contributed by atoms with Gasteiger partial charge in [0.1, 0.15) is 30.2 Å². The first-order valence-corrected chi connectivity index (χ1v) is 8.02. The third-order valence-electron chi connectivity index (χ3n) is 3.78. The van der Waals surface area contributed by atoms with E-state index in [1.807, 2.05) is 0 Å². The number of H-pyrrole nitrogens is 1. The van der Waals surface area contributed by atoms with Crippen LogP contribution in [0.2, 0.25) is 5.02 Å².